The van der Waals surface area contributed by atoms with E-state index in [-0.39, 0.29) is 18.6 Å². The lowest BCUT2D eigenvalue weighted by molar-refractivity contribution is -0.143. The Morgan fingerprint density at radius 3 is 2.37 bits per heavy atom. The Morgan fingerprint density at radius 2 is 1.84 bits per heavy atom. The molecule has 2 saturated carbocycles. The Hall–Kier alpha value is -1.08. The molecule has 19 heavy (non-hydrogen) atoms. The third-order valence-electron chi connectivity index (χ3n) is 4.70. The van der Waals surface area contributed by atoms with Gasteiger partial charge in [-0.2, -0.15) is 5.26 Å². The molecule has 2 aliphatic carbocycles. The first kappa shape index (κ1) is 14.3. The number of aliphatic hydroxyl groups is 1. The van der Waals surface area contributed by atoms with Gasteiger partial charge in [0.2, 0.25) is 5.91 Å². The summed E-state index contributed by atoms with van der Waals surface area (Å²) >= 11 is 0. The van der Waals surface area contributed by atoms with Crippen molar-refractivity contribution in [3.05, 3.63) is 0 Å². The zero-order valence-corrected chi connectivity index (χ0v) is 11.6. The molecule has 0 heterocycles. The molecule has 1 N–H and O–H groups in total. The molecular formula is C15H24N2O2. The minimum absolute atomic E-state index is 0.0102. The van der Waals surface area contributed by atoms with E-state index >= 15 is 0 Å². The van der Waals surface area contributed by atoms with Crippen molar-refractivity contribution >= 4 is 5.91 Å². The minimum atomic E-state index is -0.810. The summed E-state index contributed by atoms with van der Waals surface area (Å²) < 4.78 is 0. The molecule has 0 spiro atoms. The quantitative estimate of drug-likeness (QED) is 0.846. The van der Waals surface area contributed by atoms with E-state index in [1.54, 1.807) is 0 Å². The van der Waals surface area contributed by atoms with Crippen molar-refractivity contribution in [3.63, 3.8) is 0 Å². The van der Waals surface area contributed by atoms with Crippen LogP contribution in [0, 0.1) is 16.7 Å². The second-order valence-corrected chi connectivity index (χ2v) is 5.92. The Bertz CT molecular complexity index is 350. The van der Waals surface area contributed by atoms with E-state index < -0.39 is 5.41 Å². The number of nitrogens with zero attached hydrogens (tertiary/aromatic N) is 2. The Balaban J connectivity index is 2.14. The van der Waals surface area contributed by atoms with Crippen molar-refractivity contribution in [2.45, 2.75) is 63.8 Å². The van der Waals surface area contributed by atoms with Crippen LogP contribution in [-0.2, 0) is 4.79 Å². The highest BCUT2D eigenvalue weighted by molar-refractivity contribution is 5.86. The third kappa shape index (κ3) is 2.92. The summed E-state index contributed by atoms with van der Waals surface area (Å²) in [6, 6.07) is 2.55. The van der Waals surface area contributed by atoms with E-state index in [0.29, 0.717) is 19.4 Å². The van der Waals surface area contributed by atoms with Gasteiger partial charge in [0.25, 0.3) is 0 Å². The lowest BCUT2D eigenvalue weighted by atomic mass is 9.74. The number of rotatable bonds is 4. The van der Waals surface area contributed by atoms with Gasteiger partial charge >= 0.3 is 0 Å². The number of hydrogen-bond donors (Lipinski definition) is 1. The third-order valence-corrected chi connectivity index (χ3v) is 4.70. The highest BCUT2D eigenvalue weighted by atomic mass is 16.3. The lowest BCUT2D eigenvalue weighted by Crippen LogP contribution is -2.49. The molecule has 2 fully saturated rings. The molecule has 2 aliphatic rings. The number of carbonyl (C=O) groups is 1. The fraction of sp³-hybridized carbons (Fsp3) is 0.867. The van der Waals surface area contributed by atoms with Crippen LogP contribution >= 0.6 is 0 Å². The van der Waals surface area contributed by atoms with Crippen molar-refractivity contribution in [3.8, 4) is 6.07 Å². The van der Waals surface area contributed by atoms with Gasteiger partial charge in [0.1, 0.15) is 5.41 Å². The molecule has 4 nitrogen and oxygen atoms in total. The van der Waals surface area contributed by atoms with Crippen molar-refractivity contribution in [2.75, 3.05) is 13.2 Å². The Kier molecular flexibility index (Phi) is 4.81. The van der Waals surface area contributed by atoms with Crippen LogP contribution in [0.1, 0.15) is 57.8 Å². The molecule has 106 valence electrons. The number of aliphatic hydroxyl groups excluding tert-OH is 1. The van der Waals surface area contributed by atoms with Gasteiger partial charge < -0.3 is 10.0 Å². The molecule has 0 unspecified atom stereocenters. The second kappa shape index (κ2) is 6.38. The van der Waals surface area contributed by atoms with Crippen LogP contribution < -0.4 is 0 Å². The molecule has 1 amide bonds. The van der Waals surface area contributed by atoms with Gasteiger partial charge in [-0.1, -0.05) is 32.1 Å². The van der Waals surface area contributed by atoms with Crippen LogP contribution in [0.2, 0.25) is 0 Å². The van der Waals surface area contributed by atoms with E-state index in [9.17, 15) is 15.2 Å². The van der Waals surface area contributed by atoms with Crippen molar-refractivity contribution in [2.24, 2.45) is 5.41 Å². The monoisotopic (exact) mass is 264 g/mol. The average Bonchev–Trinajstić information content (AvgIpc) is 2.98. The first-order chi connectivity index (χ1) is 9.23. The van der Waals surface area contributed by atoms with Crippen molar-refractivity contribution < 1.29 is 9.90 Å². The zero-order chi connectivity index (χ0) is 13.7. The van der Waals surface area contributed by atoms with E-state index in [0.717, 1.165) is 44.9 Å². The van der Waals surface area contributed by atoms with Crippen LogP contribution in [0.4, 0.5) is 0 Å². The first-order valence-electron chi connectivity index (χ1n) is 7.57. The summed E-state index contributed by atoms with van der Waals surface area (Å²) in [5.74, 6) is -0.0179. The fourth-order valence-corrected chi connectivity index (χ4v) is 3.58. The highest BCUT2D eigenvalue weighted by Gasteiger charge is 2.44. The predicted octanol–water partition coefficient (Wildman–Crippen LogP) is 2.22. The Morgan fingerprint density at radius 1 is 1.21 bits per heavy atom. The van der Waals surface area contributed by atoms with E-state index in [1.807, 2.05) is 4.90 Å². The molecule has 0 aromatic heterocycles. The maximum Gasteiger partial charge on any atom is 0.243 e. The molecular weight excluding hydrogens is 240 g/mol. The molecule has 2 rings (SSSR count). The predicted molar refractivity (Wildman–Crippen MR) is 72.2 cm³/mol. The summed E-state index contributed by atoms with van der Waals surface area (Å²) in [5, 5.41) is 18.7. The van der Waals surface area contributed by atoms with Crippen LogP contribution in [0.5, 0.6) is 0 Å². The second-order valence-electron chi connectivity index (χ2n) is 5.92. The van der Waals surface area contributed by atoms with Crippen LogP contribution in [0.3, 0.4) is 0 Å². The summed E-state index contributed by atoms with van der Waals surface area (Å²) in [5.41, 5.74) is -0.810. The molecule has 0 aromatic rings. The van der Waals surface area contributed by atoms with Gasteiger partial charge in [0.05, 0.1) is 12.7 Å². The van der Waals surface area contributed by atoms with Crippen molar-refractivity contribution in [1.82, 2.24) is 4.90 Å². The molecule has 0 atom stereocenters. The summed E-state index contributed by atoms with van der Waals surface area (Å²) in [4.78, 5) is 14.6. The molecule has 0 bridgehead atoms. The highest BCUT2D eigenvalue weighted by Crippen LogP contribution is 2.39. The molecule has 0 saturated heterocycles. The largest absolute Gasteiger partial charge is 0.395 e. The molecule has 0 aliphatic heterocycles. The fourth-order valence-electron chi connectivity index (χ4n) is 3.58. The smallest absolute Gasteiger partial charge is 0.243 e. The summed E-state index contributed by atoms with van der Waals surface area (Å²) in [6.07, 6.45) is 8.79. The molecule has 4 heteroatoms. The topological polar surface area (TPSA) is 64.3 Å². The van der Waals surface area contributed by atoms with Crippen LogP contribution in [0.25, 0.3) is 0 Å². The van der Waals surface area contributed by atoms with Gasteiger partial charge in [0.15, 0.2) is 0 Å². The zero-order valence-electron chi connectivity index (χ0n) is 11.6. The SMILES string of the molecule is N#CC1(C(=O)N(CCO)C2CCCC2)CCCCC1. The van der Waals surface area contributed by atoms with Gasteiger partial charge in [-0.05, 0) is 25.7 Å². The van der Waals surface area contributed by atoms with E-state index in [2.05, 4.69) is 6.07 Å². The molecule has 0 aromatic carbocycles. The minimum Gasteiger partial charge on any atom is -0.395 e. The lowest BCUT2D eigenvalue weighted by Gasteiger charge is -2.37. The van der Waals surface area contributed by atoms with Crippen LogP contribution in [-0.4, -0.2) is 35.1 Å². The number of hydrogen-bond acceptors (Lipinski definition) is 3. The maximum absolute atomic E-state index is 12.8. The molecule has 0 radical (unpaired) electrons. The summed E-state index contributed by atoms with van der Waals surface area (Å²) in [7, 11) is 0. The van der Waals surface area contributed by atoms with Gasteiger partial charge in [-0.3, -0.25) is 4.79 Å². The van der Waals surface area contributed by atoms with E-state index in [4.69, 9.17) is 0 Å². The van der Waals surface area contributed by atoms with Gasteiger partial charge in [-0.15, -0.1) is 0 Å². The van der Waals surface area contributed by atoms with Gasteiger partial charge in [0, 0.05) is 12.6 Å². The summed E-state index contributed by atoms with van der Waals surface area (Å²) in [6.45, 7) is 0.372. The van der Waals surface area contributed by atoms with Gasteiger partial charge in [-0.25, -0.2) is 0 Å². The Labute approximate surface area is 115 Å². The van der Waals surface area contributed by atoms with E-state index in [1.165, 1.54) is 0 Å². The number of carbonyl (C=O) groups excluding carboxylic acids is 1. The first-order valence-corrected chi connectivity index (χ1v) is 7.57. The standard InChI is InChI=1S/C15H24N2O2/c16-12-15(8-4-1-5-9-15)14(19)17(10-11-18)13-6-2-3-7-13/h13,18H,1-11H2. The maximum atomic E-state index is 12.8. The number of nitriles is 1. The van der Waals surface area contributed by atoms with Crippen molar-refractivity contribution in [1.29, 1.82) is 5.26 Å². The normalized spacial score (nSPS) is 22.9. The average molecular weight is 264 g/mol. The van der Waals surface area contributed by atoms with Crippen LogP contribution in [0.15, 0.2) is 0 Å². The number of amides is 1.